The Hall–Kier alpha value is -2.90. The molecule has 3 aliphatic rings. The van der Waals surface area contributed by atoms with E-state index >= 15 is 0 Å². The first-order valence-electron chi connectivity index (χ1n) is 10.7. The first kappa shape index (κ1) is 20.4. The van der Waals surface area contributed by atoms with Gasteiger partial charge in [-0.2, -0.15) is 0 Å². The zero-order valence-electron chi connectivity index (χ0n) is 17.2. The number of nitrogens with zero attached hydrogens (tertiary/aromatic N) is 2. The number of nitrogens with one attached hydrogen (secondary N) is 2. The summed E-state index contributed by atoms with van der Waals surface area (Å²) >= 11 is 0. The Labute approximate surface area is 176 Å². The van der Waals surface area contributed by atoms with Gasteiger partial charge in [-0.1, -0.05) is 31.0 Å². The Bertz CT molecular complexity index is 850. The number of anilines is 1. The maximum atomic E-state index is 13.1. The maximum Gasteiger partial charge on any atom is 0.325 e. The lowest BCUT2D eigenvalue weighted by Gasteiger charge is -2.35. The van der Waals surface area contributed by atoms with Gasteiger partial charge in [0.05, 0.1) is 5.92 Å². The molecule has 2 aliphatic heterocycles. The first-order valence-corrected chi connectivity index (χ1v) is 10.7. The largest absolute Gasteiger partial charge is 0.340 e. The molecule has 0 radical (unpaired) electrons. The van der Waals surface area contributed by atoms with Crippen molar-refractivity contribution in [3.8, 4) is 0 Å². The average molecular weight is 412 g/mol. The number of urea groups is 1. The predicted octanol–water partition coefficient (Wildman–Crippen LogP) is 2.12. The van der Waals surface area contributed by atoms with Crippen LogP contribution in [0.2, 0.25) is 0 Å². The van der Waals surface area contributed by atoms with Gasteiger partial charge in [-0.3, -0.25) is 14.4 Å². The van der Waals surface area contributed by atoms with Crippen molar-refractivity contribution in [2.45, 2.75) is 57.0 Å². The molecular weight excluding hydrogens is 384 g/mol. The van der Waals surface area contributed by atoms with Crippen molar-refractivity contribution in [3.05, 3.63) is 30.3 Å². The fraction of sp³-hybridized carbons (Fsp3) is 0.545. The number of piperidine rings is 1. The number of benzene rings is 1. The number of rotatable bonds is 4. The van der Waals surface area contributed by atoms with E-state index in [-0.39, 0.29) is 30.2 Å². The van der Waals surface area contributed by atoms with Gasteiger partial charge >= 0.3 is 6.03 Å². The van der Waals surface area contributed by atoms with Crippen LogP contribution in [-0.4, -0.2) is 58.2 Å². The minimum Gasteiger partial charge on any atom is -0.340 e. The van der Waals surface area contributed by atoms with Gasteiger partial charge in [0.2, 0.25) is 11.8 Å². The van der Waals surface area contributed by atoms with E-state index < -0.39 is 17.6 Å². The summed E-state index contributed by atoms with van der Waals surface area (Å²) in [6.45, 7) is 2.41. The lowest BCUT2D eigenvalue weighted by Crippen LogP contribution is -2.53. The van der Waals surface area contributed by atoms with E-state index in [1.807, 2.05) is 30.3 Å². The van der Waals surface area contributed by atoms with E-state index in [0.29, 0.717) is 32.2 Å². The van der Waals surface area contributed by atoms with Crippen LogP contribution in [0.1, 0.15) is 45.4 Å². The van der Waals surface area contributed by atoms with Crippen LogP contribution < -0.4 is 10.6 Å². The smallest absolute Gasteiger partial charge is 0.325 e. The van der Waals surface area contributed by atoms with Gasteiger partial charge in [0.1, 0.15) is 11.6 Å². The molecule has 0 bridgehead atoms. The SMILES string of the molecule is CC(C(=O)N1CCCC(C(=O)Nc2ccccc2)C1)N1C(=O)NC2(CCCC2)C1=O. The summed E-state index contributed by atoms with van der Waals surface area (Å²) in [4.78, 5) is 53.9. The highest BCUT2D eigenvalue weighted by atomic mass is 16.2. The summed E-state index contributed by atoms with van der Waals surface area (Å²) in [5, 5.41) is 5.72. The highest BCUT2D eigenvalue weighted by molar-refractivity contribution is 6.10. The molecule has 1 aliphatic carbocycles. The molecule has 8 heteroatoms. The van der Waals surface area contributed by atoms with Gasteiger partial charge in [-0.15, -0.1) is 0 Å². The van der Waals surface area contributed by atoms with E-state index in [0.717, 1.165) is 23.4 Å². The zero-order chi connectivity index (χ0) is 21.3. The number of amides is 5. The van der Waals surface area contributed by atoms with Crippen molar-refractivity contribution < 1.29 is 19.2 Å². The molecule has 1 spiro atoms. The van der Waals surface area contributed by atoms with Crippen LogP contribution in [-0.2, 0) is 14.4 Å². The van der Waals surface area contributed by atoms with Crippen LogP contribution in [0.5, 0.6) is 0 Å². The van der Waals surface area contributed by atoms with Crippen LogP contribution in [0, 0.1) is 5.92 Å². The molecule has 1 saturated carbocycles. The summed E-state index contributed by atoms with van der Waals surface area (Å²) in [5.41, 5.74) is -0.105. The minimum absolute atomic E-state index is 0.119. The summed E-state index contributed by atoms with van der Waals surface area (Å²) in [6.07, 6.45) is 4.44. The number of carbonyl (C=O) groups excluding carboxylic acids is 4. The fourth-order valence-electron chi connectivity index (χ4n) is 4.84. The first-order chi connectivity index (χ1) is 14.4. The molecule has 1 aromatic carbocycles. The second-order valence-electron chi connectivity index (χ2n) is 8.55. The van der Waals surface area contributed by atoms with E-state index in [1.54, 1.807) is 11.8 Å². The summed E-state index contributed by atoms with van der Waals surface area (Å²) in [5.74, 6) is -1.02. The highest BCUT2D eigenvalue weighted by Crippen LogP contribution is 2.36. The normalized spacial score (nSPS) is 24.1. The molecule has 30 heavy (non-hydrogen) atoms. The standard InChI is InChI=1S/C22H28N4O4/c1-15(26-20(29)22(24-21(26)30)11-5-6-12-22)19(28)25-13-7-8-16(14-25)18(27)23-17-9-3-2-4-10-17/h2-4,9-10,15-16H,5-8,11-14H2,1H3,(H,23,27)(H,24,30). The molecule has 3 fully saturated rings. The Morgan fingerprint density at radius 2 is 1.83 bits per heavy atom. The van der Waals surface area contributed by atoms with Crippen LogP contribution in [0.3, 0.4) is 0 Å². The highest BCUT2D eigenvalue weighted by Gasteiger charge is 2.55. The quantitative estimate of drug-likeness (QED) is 0.740. The molecule has 2 atom stereocenters. The Kier molecular flexibility index (Phi) is 5.49. The van der Waals surface area contributed by atoms with Gasteiger partial charge in [-0.05, 0) is 44.7 Å². The van der Waals surface area contributed by atoms with E-state index in [2.05, 4.69) is 10.6 Å². The van der Waals surface area contributed by atoms with E-state index in [4.69, 9.17) is 0 Å². The maximum absolute atomic E-state index is 13.1. The van der Waals surface area contributed by atoms with Crippen LogP contribution in [0.4, 0.5) is 10.5 Å². The van der Waals surface area contributed by atoms with Crippen LogP contribution >= 0.6 is 0 Å². The van der Waals surface area contributed by atoms with Crippen LogP contribution in [0.15, 0.2) is 30.3 Å². The summed E-state index contributed by atoms with van der Waals surface area (Å²) in [6, 6.07) is 7.85. The van der Waals surface area contributed by atoms with Crippen molar-refractivity contribution in [2.75, 3.05) is 18.4 Å². The van der Waals surface area contributed by atoms with Gasteiger partial charge < -0.3 is 15.5 Å². The van der Waals surface area contributed by atoms with Gasteiger partial charge in [0.15, 0.2) is 0 Å². The third-order valence-corrected chi connectivity index (χ3v) is 6.54. The van der Waals surface area contributed by atoms with Crippen LogP contribution in [0.25, 0.3) is 0 Å². The van der Waals surface area contributed by atoms with Crippen molar-refractivity contribution in [1.29, 1.82) is 0 Å². The summed E-state index contributed by atoms with van der Waals surface area (Å²) < 4.78 is 0. The second-order valence-corrected chi connectivity index (χ2v) is 8.55. The molecule has 1 aromatic rings. The zero-order valence-corrected chi connectivity index (χ0v) is 17.2. The molecule has 2 unspecified atom stereocenters. The van der Waals surface area contributed by atoms with Gasteiger partial charge in [0.25, 0.3) is 5.91 Å². The number of hydrogen-bond acceptors (Lipinski definition) is 4. The summed E-state index contributed by atoms with van der Waals surface area (Å²) in [7, 11) is 0. The molecule has 4 rings (SSSR count). The van der Waals surface area contributed by atoms with Crippen molar-refractivity contribution in [2.24, 2.45) is 5.92 Å². The second kappa shape index (κ2) is 8.08. The molecule has 2 heterocycles. The van der Waals surface area contributed by atoms with E-state index in [9.17, 15) is 19.2 Å². The lowest BCUT2D eigenvalue weighted by atomic mass is 9.95. The number of imide groups is 1. The number of carbonyl (C=O) groups is 4. The van der Waals surface area contributed by atoms with Crippen molar-refractivity contribution in [3.63, 3.8) is 0 Å². The number of likely N-dealkylation sites (tertiary alicyclic amines) is 1. The molecule has 2 N–H and O–H groups in total. The topological polar surface area (TPSA) is 98.8 Å². The Balaban J connectivity index is 1.41. The third kappa shape index (κ3) is 3.66. The molecule has 160 valence electrons. The third-order valence-electron chi connectivity index (χ3n) is 6.54. The van der Waals surface area contributed by atoms with Crippen molar-refractivity contribution in [1.82, 2.24) is 15.1 Å². The predicted molar refractivity (Wildman–Crippen MR) is 110 cm³/mol. The average Bonchev–Trinajstić information content (AvgIpc) is 3.32. The number of hydrogen-bond donors (Lipinski definition) is 2. The lowest BCUT2D eigenvalue weighted by molar-refractivity contribution is -0.144. The van der Waals surface area contributed by atoms with E-state index in [1.165, 1.54) is 0 Å². The molecule has 8 nitrogen and oxygen atoms in total. The monoisotopic (exact) mass is 412 g/mol. The Morgan fingerprint density at radius 1 is 1.13 bits per heavy atom. The number of para-hydroxylation sites is 1. The van der Waals surface area contributed by atoms with Crippen molar-refractivity contribution >= 4 is 29.4 Å². The minimum atomic E-state index is -0.881. The van der Waals surface area contributed by atoms with Gasteiger partial charge in [0, 0.05) is 18.8 Å². The van der Waals surface area contributed by atoms with Gasteiger partial charge in [-0.25, -0.2) is 9.69 Å². The Morgan fingerprint density at radius 3 is 2.53 bits per heavy atom. The fourth-order valence-corrected chi connectivity index (χ4v) is 4.84. The molecule has 2 saturated heterocycles. The molecule has 0 aromatic heterocycles. The molecule has 5 amide bonds. The molecular formula is C22H28N4O4.